The molecule has 0 fully saturated rings. The van der Waals surface area contributed by atoms with Gasteiger partial charge in [0.25, 0.3) is 5.91 Å². The van der Waals surface area contributed by atoms with Crippen molar-refractivity contribution >= 4 is 5.91 Å². The van der Waals surface area contributed by atoms with Gasteiger partial charge in [-0.15, -0.1) is 0 Å². The van der Waals surface area contributed by atoms with Crippen LogP contribution in [0.5, 0.6) is 0 Å². The van der Waals surface area contributed by atoms with Crippen LogP contribution in [0, 0.1) is 6.92 Å². The van der Waals surface area contributed by atoms with Crippen molar-refractivity contribution in [2.75, 3.05) is 0 Å². The van der Waals surface area contributed by atoms with Crippen LogP contribution in [0.2, 0.25) is 0 Å². The second-order valence-corrected chi connectivity index (χ2v) is 5.28. The lowest BCUT2D eigenvalue weighted by molar-refractivity contribution is 0.0938. The normalized spacial score (nSPS) is 11.9. The molecule has 2 heterocycles. The third-order valence-corrected chi connectivity index (χ3v) is 3.62. The molecular weight excluding hydrogens is 290 g/mol. The Labute approximate surface area is 134 Å². The number of nitrogens with one attached hydrogen (secondary N) is 1. The summed E-state index contributed by atoms with van der Waals surface area (Å²) in [6.45, 7) is 3.63. The molecule has 0 aliphatic heterocycles. The zero-order valence-electron chi connectivity index (χ0n) is 13.0. The summed E-state index contributed by atoms with van der Waals surface area (Å²) in [5, 5.41) is 6.98. The molecule has 1 aromatic carbocycles. The third kappa shape index (κ3) is 3.13. The maximum atomic E-state index is 12.7. The maximum Gasteiger partial charge on any atom is 0.257 e. The average molecular weight is 307 g/mol. The Morgan fingerprint density at radius 2 is 1.87 bits per heavy atom. The van der Waals surface area contributed by atoms with Crippen LogP contribution >= 0.6 is 0 Å². The summed E-state index contributed by atoms with van der Waals surface area (Å²) in [5.74, 6) is 0.273. The molecule has 0 aliphatic carbocycles. The quantitative estimate of drug-likeness (QED) is 0.800. The molecule has 3 aromatic rings. The number of aryl methyl sites for hydroxylation is 1. The molecule has 0 spiro atoms. The van der Waals surface area contributed by atoms with Crippen molar-refractivity contribution in [3.8, 4) is 11.3 Å². The van der Waals surface area contributed by atoms with Crippen LogP contribution in [0.25, 0.3) is 11.3 Å². The van der Waals surface area contributed by atoms with Crippen molar-refractivity contribution in [1.82, 2.24) is 15.5 Å². The molecule has 1 atom stereocenters. The molecular formula is C18H17N3O2. The minimum absolute atomic E-state index is 0.207. The van der Waals surface area contributed by atoms with Gasteiger partial charge in [0, 0.05) is 11.8 Å². The van der Waals surface area contributed by atoms with Crippen molar-refractivity contribution in [2.24, 2.45) is 0 Å². The maximum absolute atomic E-state index is 12.7. The Kier molecular flexibility index (Phi) is 4.19. The van der Waals surface area contributed by atoms with Crippen LogP contribution in [0.15, 0.2) is 59.3 Å². The van der Waals surface area contributed by atoms with Crippen LogP contribution < -0.4 is 5.32 Å². The second-order valence-electron chi connectivity index (χ2n) is 5.28. The average Bonchev–Trinajstić information content (AvgIpc) is 2.98. The highest BCUT2D eigenvalue weighted by Gasteiger charge is 2.23. The Morgan fingerprint density at radius 3 is 2.57 bits per heavy atom. The summed E-state index contributed by atoms with van der Waals surface area (Å²) >= 11 is 0. The van der Waals surface area contributed by atoms with E-state index in [9.17, 15) is 4.79 Å². The van der Waals surface area contributed by atoms with E-state index in [-0.39, 0.29) is 11.9 Å². The van der Waals surface area contributed by atoms with Gasteiger partial charge in [0.15, 0.2) is 0 Å². The van der Waals surface area contributed by atoms with Crippen LogP contribution in [0.3, 0.4) is 0 Å². The molecule has 0 radical (unpaired) electrons. The molecule has 1 amide bonds. The SMILES string of the molecule is Cc1onc(-c2ccccc2)c1C(=O)N[C@H](C)c1ccccn1. The summed E-state index contributed by atoms with van der Waals surface area (Å²) in [7, 11) is 0. The molecule has 0 aliphatic rings. The molecule has 0 bridgehead atoms. The van der Waals surface area contributed by atoms with Gasteiger partial charge >= 0.3 is 0 Å². The Morgan fingerprint density at radius 1 is 1.13 bits per heavy atom. The van der Waals surface area contributed by atoms with Gasteiger partial charge in [-0.05, 0) is 26.0 Å². The molecule has 23 heavy (non-hydrogen) atoms. The van der Waals surface area contributed by atoms with Crippen LogP contribution in [0.1, 0.15) is 34.8 Å². The number of benzene rings is 1. The van der Waals surface area contributed by atoms with Crippen molar-refractivity contribution in [3.63, 3.8) is 0 Å². The summed E-state index contributed by atoms with van der Waals surface area (Å²) in [5.41, 5.74) is 2.66. The summed E-state index contributed by atoms with van der Waals surface area (Å²) < 4.78 is 5.23. The fraction of sp³-hybridized carbons (Fsp3) is 0.167. The minimum Gasteiger partial charge on any atom is -0.360 e. The first-order valence-corrected chi connectivity index (χ1v) is 7.40. The first-order valence-electron chi connectivity index (χ1n) is 7.40. The molecule has 0 unspecified atom stereocenters. The highest BCUT2D eigenvalue weighted by molar-refractivity contribution is 6.00. The van der Waals surface area contributed by atoms with E-state index in [1.54, 1.807) is 13.1 Å². The smallest absolute Gasteiger partial charge is 0.257 e. The van der Waals surface area contributed by atoms with E-state index in [0.29, 0.717) is 17.0 Å². The largest absolute Gasteiger partial charge is 0.360 e. The van der Waals surface area contributed by atoms with Gasteiger partial charge in [-0.3, -0.25) is 9.78 Å². The van der Waals surface area contributed by atoms with Crippen LogP contribution in [-0.2, 0) is 0 Å². The standard InChI is InChI=1S/C18H17N3O2/c1-12(15-10-6-7-11-19-15)20-18(22)16-13(2)23-21-17(16)14-8-4-3-5-9-14/h3-12H,1-2H3,(H,20,22)/t12-/m1/s1. The molecule has 5 nitrogen and oxygen atoms in total. The molecule has 2 aromatic heterocycles. The molecule has 5 heteroatoms. The van der Waals surface area contributed by atoms with E-state index in [4.69, 9.17) is 4.52 Å². The molecule has 116 valence electrons. The van der Waals surface area contributed by atoms with E-state index < -0.39 is 0 Å². The van der Waals surface area contributed by atoms with E-state index in [2.05, 4.69) is 15.5 Å². The van der Waals surface area contributed by atoms with Crippen LogP contribution in [0.4, 0.5) is 0 Å². The summed E-state index contributed by atoms with van der Waals surface area (Å²) in [4.78, 5) is 16.9. The third-order valence-electron chi connectivity index (χ3n) is 3.62. The lowest BCUT2D eigenvalue weighted by atomic mass is 10.1. The Balaban J connectivity index is 1.87. The van der Waals surface area contributed by atoms with Gasteiger partial charge in [0.05, 0.1) is 11.7 Å². The zero-order valence-corrected chi connectivity index (χ0v) is 13.0. The van der Waals surface area contributed by atoms with Gasteiger partial charge < -0.3 is 9.84 Å². The second kappa shape index (κ2) is 6.44. The number of carbonyl (C=O) groups is 1. The van der Waals surface area contributed by atoms with Gasteiger partial charge in [0.2, 0.25) is 0 Å². The number of rotatable bonds is 4. The lowest BCUT2D eigenvalue weighted by Crippen LogP contribution is -2.27. The Hall–Kier alpha value is -2.95. The highest BCUT2D eigenvalue weighted by Crippen LogP contribution is 2.25. The van der Waals surface area contributed by atoms with Crippen molar-refractivity contribution < 1.29 is 9.32 Å². The highest BCUT2D eigenvalue weighted by atomic mass is 16.5. The van der Waals surface area contributed by atoms with Crippen molar-refractivity contribution in [2.45, 2.75) is 19.9 Å². The van der Waals surface area contributed by atoms with E-state index >= 15 is 0 Å². The number of aromatic nitrogens is 2. The fourth-order valence-corrected chi connectivity index (χ4v) is 2.41. The van der Waals surface area contributed by atoms with Crippen molar-refractivity contribution in [1.29, 1.82) is 0 Å². The summed E-state index contributed by atoms with van der Waals surface area (Å²) in [6, 6.07) is 14.9. The van der Waals surface area contributed by atoms with Gasteiger partial charge in [-0.1, -0.05) is 41.6 Å². The van der Waals surface area contributed by atoms with E-state index in [0.717, 1.165) is 11.3 Å². The number of carbonyl (C=O) groups excluding carboxylic acids is 1. The number of amides is 1. The van der Waals surface area contributed by atoms with Crippen LogP contribution in [-0.4, -0.2) is 16.0 Å². The van der Waals surface area contributed by atoms with E-state index in [1.165, 1.54) is 0 Å². The minimum atomic E-state index is -0.222. The Bertz CT molecular complexity index is 798. The zero-order chi connectivity index (χ0) is 16.2. The van der Waals surface area contributed by atoms with Crippen molar-refractivity contribution in [3.05, 3.63) is 71.7 Å². The number of hydrogen-bond acceptors (Lipinski definition) is 4. The van der Waals surface area contributed by atoms with E-state index in [1.807, 2.05) is 55.5 Å². The first kappa shape index (κ1) is 15.0. The molecule has 0 saturated heterocycles. The van der Waals surface area contributed by atoms with Gasteiger partial charge in [-0.2, -0.15) is 0 Å². The molecule has 0 saturated carbocycles. The van der Waals surface area contributed by atoms with Gasteiger partial charge in [-0.25, -0.2) is 0 Å². The fourth-order valence-electron chi connectivity index (χ4n) is 2.41. The number of hydrogen-bond donors (Lipinski definition) is 1. The van der Waals surface area contributed by atoms with Gasteiger partial charge in [0.1, 0.15) is 17.0 Å². The number of nitrogens with zero attached hydrogens (tertiary/aromatic N) is 2. The number of pyridine rings is 1. The molecule has 1 N–H and O–H groups in total. The topological polar surface area (TPSA) is 68.0 Å². The summed E-state index contributed by atoms with van der Waals surface area (Å²) in [6.07, 6.45) is 1.71. The molecule has 3 rings (SSSR count). The lowest BCUT2D eigenvalue weighted by Gasteiger charge is -2.13. The predicted molar refractivity (Wildman–Crippen MR) is 86.8 cm³/mol. The first-order chi connectivity index (χ1) is 11.2. The predicted octanol–water partition coefficient (Wildman–Crippen LogP) is 3.54. The monoisotopic (exact) mass is 307 g/mol.